The lowest BCUT2D eigenvalue weighted by molar-refractivity contribution is -0.117. The number of sulfone groups is 1. The maximum absolute atomic E-state index is 12.7. The van der Waals surface area contributed by atoms with Crippen LogP contribution >= 0.6 is 11.8 Å². The van der Waals surface area contributed by atoms with E-state index in [0.29, 0.717) is 5.17 Å². The van der Waals surface area contributed by atoms with Gasteiger partial charge in [0.1, 0.15) is 5.60 Å². The van der Waals surface area contributed by atoms with Gasteiger partial charge in [0, 0.05) is 23.9 Å². The van der Waals surface area contributed by atoms with E-state index in [1.807, 2.05) is 23.1 Å². The molecule has 2 heterocycles. The Morgan fingerprint density at radius 1 is 1.18 bits per heavy atom. The Bertz CT molecular complexity index is 1020. The minimum Gasteiger partial charge on any atom is -0.444 e. The van der Waals surface area contributed by atoms with Crippen molar-refractivity contribution in [2.24, 2.45) is 4.99 Å². The molecule has 2 saturated heterocycles. The van der Waals surface area contributed by atoms with Crippen molar-refractivity contribution in [1.82, 2.24) is 5.32 Å². The van der Waals surface area contributed by atoms with Crippen molar-refractivity contribution < 1.29 is 22.7 Å². The van der Waals surface area contributed by atoms with Crippen LogP contribution in [0.4, 0.5) is 10.5 Å². The number of carbonyl (C=O) groups excluding carboxylic acids is 2. The number of amides is 2. The standard InChI is InChI=1S/C23H33N3O5S2/c1-6-15-9-8-10-16(7-2)20(15)26-17-13-33(29,30)14-18(17)32-21(26)25-19(27)11-12-24-22(28)31-23(3,4)5/h8-10,17-18H,6-7,11-14H2,1-5H3,(H,24,28). The molecule has 2 aliphatic heterocycles. The first-order valence-electron chi connectivity index (χ1n) is 11.3. The Hall–Kier alpha value is -2.07. The molecule has 0 radical (unpaired) electrons. The van der Waals surface area contributed by atoms with Crippen LogP contribution in [0.25, 0.3) is 0 Å². The zero-order chi connectivity index (χ0) is 24.4. The third kappa shape index (κ3) is 6.29. The van der Waals surface area contributed by atoms with E-state index in [2.05, 4.69) is 24.2 Å². The number of amidine groups is 1. The first-order valence-corrected chi connectivity index (χ1v) is 14.0. The number of fused-ring (bicyclic) bond motifs is 1. The van der Waals surface area contributed by atoms with Gasteiger partial charge in [0.05, 0.1) is 17.5 Å². The fourth-order valence-electron chi connectivity index (χ4n) is 4.10. The molecule has 10 heteroatoms. The largest absolute Gasteiger partial charge is 0.444 e. The van der Waals surface area contributed by atoms with Gasteiger partial charge in [-0.1, -0.05) is 43.8 Å². The lowest BCUT2D eigenvalue weighted by Crippen LogP contribution is -2.39. The molecule has 2 fully saturated rings. The SMILES string of the molecule is CCc1cccc(CC)c1N1C(=NC(=O)CCNC(=O)OC(C)(C)C)SC2CS(=O)(=O)CC21. The van der Waals surface area contributed by atoms with Crippen LogP contribution in [0.5, 0.6) is 0 Å². The topological polar surface area (TPSA) is 105 Å². The highest BCUT2D eigenvalue weighted by Gasteiger charge is 2.50. The van der Waals surface area contributed by atoms with Crippen LogP contribution in [0, 0.1) is 0 Å². The van der Waals surface area contributed by atoms with Gasteiger partial charge in [-0.05, 0) is 44.7 Å². The molecule has 1 aromatic carbocycles. The maximum Gasteiger partial charge on any atom is 0.407 e. The summed E-state index contributed by atoms with van der Waals surface area (Å²) in [6.07, 6.45) is 1.02. The normalized spacial score (nSPS) is 22.9. The molecule has 1 aromatic rings. The van der Waals surface area contributed by atoms with Crippen LogP contribution in [-0.4, -0.2) is 60.5 Å². The molecule has 2 unspecified atom stereocenters. The number of carbonyl (C=O) groups is 2. The number of nitrogens with one attached hydrogen (secondary N) is 1. The number of rotatable bonds is 6. The molecule has 3 rings (SSSR count). The minimum atomic E-state index is -3.14. The quantitative estimate of drug-likeness (QED) is 0.645. The number of para-hydroxylation sites is 1. The highest BCUT2D eigenvalue weighted by atomic mass is 32.2. The second-order valence-corrected chi connectivity index (χ2v) is 12.6. The summed E-state index contributed by atoms with van der Waals surface area (Å²) >= 11 is 1.36. The highest BCUT2D eigenvalue weighted by Crippen LogP contribution is 2.43. The number of hydrogen-bond acceptors (Lipinski definition) is 6. The summed E-state index contributed by atoms with van der Waals surface area (Å²) in [5.74, 6) is -0.227. The molecule has 0 spiro atoms. The van der Waals surface area contributed by atoms with E-state index in [-0.39, 0.29) is 41.7 Å². The molecule has 0 bridgehead atoms. The molecule has 2 aliphatic rings. The van der Waals surface area contributed by atoms with Crippen molar-refractivity contribution in [1.29, 1.82) is 0 Å². The van der Waals surface area contributed by atoms with Gasteiger partial charge in [0.25, 0.3) is 0 Å². The fraction of sp³-hybridized carbons (Fsp3) is 0.609. The first-order chi connectivity index (χ1) is 15.4. The van der Waals surface area contributed by atoms with Crippen LogP contribution in [0.3, 0.4) is 0 Å². The van der Waals surface area contributed by atoms with Crippen molar-refractivity contribution >= 4 is 44.5 Å². The first kappa shape index (κ1) is 25.6. The van der Waals surface area contributed by atoms with E-state index < -0.39 is 21.5 Å². The Labute approximate surface area is 200 Å². The van der Waals surface area contributed by atoms with Gasteiger partial charge in [-0.25, -0.2) is 13.2 Å². The van der Waals surface area contributed by atoms with E-state index in [1.54, 1.807) is 20.8 Å². The lowest BCUT2D eigenvalue weighted by Gasteiger charge is -2.29. The summed E-state index contributed by atoms with van der Waals surface area (Å²) in [5, 5.41) is 2.96. The summed E-state index contributed by atoms with van der Waals surface area (Å²) in [6, 6.07) is 5.85. The minimum absolute atomic E-state index is 0.0286. The number of nitrogens with zero attached hydrogens (tertiary/aromatic N) is 2. The predicted molar refractivity (Wildman–Crippen MR) is 133 cm³/mol. The average Bonchev–Trinajstić information content (AvgIpc) is 3.16. The Morgan fingerprint density at radius 2 is 1.82 bits per heavy atom. The molecule has 8 nitrogen and oxygen atoms in total. The van der Waals surface area contributed by atoms with E-state index in [0.717, 1.165) is 29.7 Å². The van der Waals surface area contributed by atoms with Crippen molar-refractivity contribution in [2.75, 3.05) is 23.0 Å². The lowest BCUT2D eigenvalue weighted by atomic mass is 10.0. The zero-order valence-corrected chi connectivity index (χ0v) is 21.5. The van der Waals surface area contributed by atoms with Gasteiger partial charge in [-0.2, -0.15) is 4.99 Å². The van der Waals surface area contributed by atoms with Crippen molar-refractivity contribution in [3.63, 3.8) is 0 Å². The molecular weight excluding hydrogens is 462 g/mol. The predicted octanol–water partition coefficient (Wildman–Crippen LogP) is 3.33. The number of aliphatic imine (C=N–C) groups is 1. The third-order valence-electron chi connectivity index (χ3n) is 5.50. The number of aryl methyl sites for hydroxylation is 2. The number of benzene rings is 1. The number of thioether (sulfide) groups is 1. The van der Waals surface area contributed by atoms with Gasteiger partial charge in [0.15, 0.2) is 15.0 Å². The second kappa shape index (κ2) is 10.0. The number of alkyl carbamates (subject to hydrolysis) is 1. The smallest absolute Gasteiger partial charge is 0.407 e. The molecule has 2 amide bonds. The Kier molecular flexibility index (Phi) is 7.78. The average molecular weight is 496 g/mol. The summed E-state index contributed by atoms with van der Waals surface area (Å²) in [7, 11) is -3.14. The molecule has 2 atom stereocenters. The van der Waals surface area contributed by atoms with Gasteiger partial charge in [-0.15, -0.1) is 0 Å². The van der Waals surface area contributed by atoms with Gasteiger partial charge < -0.3 is 15.0 Å². The summed E-state index contributed by atoms with van der Waals surface area (Å²) < 4.78 is 29.9. The molecule has 0 saturated carbocycles. The number of anilines is 1. The second-order valence-electron chi connectivity index (χ2n) is 9.27. The Morgan fingerprint density at radius 3 is 2.39 bits per heavy atom. The fourth-order valence-corrected chi connectivity index (χ4v) is 8.02. The maximum atomic E-state index is 12.7. The third-order valence-corrected chi connectivity index (χ3v) is 8.71. The summed E-state index contributed by atoms with van der Waals surface area (Å²) in [6.45, 7) is 9.55. The van der Waals surface area contributed by atoms with Crippen LogP contribution < -0.4 is 10.2 Å². The highest BCUT2D eigenvalue weighted by molar-refractivity contribution is 8.16. The number of hydrogen-bond donors (Lipinski definition) is 1. The monoisotopic (exact) mass is 495 g/mol. The van der Waals surface area contributed by atoms with Crippen LogP contribution in [0.1, 0.15) is 52.2 Å². The summed E-state index contributed by atoms with van der Waals surface area (Å²) in [5.41, 5.74) is 2.56. The van der Waals surface area contributed by atoms with Gasteiger partial charge in [-0.3, -0.25) is 4.79 Å². The molecule has 33 heavy (non-hydrogen) atoms. The molecule has 182 valence electrons. The van der Waals surface area contributed by atoms with E-state index >= 15 is 0 Å². The zero-order valence-electron chi connectivity index (χ0n) is 19.9. The Balaban J connectivity index is 1.83. The van der Waals surface area contributed by atoms with E-state index in [4.69, 9.17) is 4.74 Å². The van der Waals surface area contributed by atoms with Crippen LogP contribution in [0.2, 0.25) is 0 Å². The van der Waals surface area contributed by atoms with Crippen molar-refractivity contribution in [3.05, 3.63) is 29.3 Å². The van der Waals surface area contributed by atoms with Crippen molar-refractivity contribution in [3.8, 4) is 0 Å². The van der Waals surface area contributed by atoms with Gasteiger partial charge in [0.2, 0.25) is 5.91 Å². The molecule has 1 N–H and O–H groups in total. The van der Waals surface area contributed by atoms with E-state index in [1.165, 1.54) is 11.8 Å². The molecule has 0 aliphatic carbocycles. The van der Waals surface area contributed by atoms with Crippen LogP contribution in [-0.2, 0) is 32.2 Å². The van der Waals surface area contributed by atoms with Crippen molar-refractivity contribution in [2.45, 2.75) is 70.8 Å². The van der Waals surface area contributed by atoms with Gasteiger partial charge >= 0.3 is 6.09 Å². The number of ether oxygens (including phenoxy) is 1. The van der Waals surface area contributed by atoms with Crippen LogP contribution in [0.15, 0.2) is 23.2 Å². The van der Waals surface area contributed by atoms with E-state index in [9.17, 15) is 18.0 Å². The summed E-state index contributed by atoms with van der Waals surface area (Å²) in [4.78, 5) is 30.8. The molecular formula is C23H33N3O5S2. The molecule has 0 aromatic heterocycles.